The first kappa shape index (κ1) is 12.9. The quantitative estimate of drug-likeness (QED) is 0.747. The number of nitrogens with zero attached hydrogens (tertiary/aromatic N) is 3. The second kappa shape index (κ2) is 5.46. The minimum Gasteiger partial charge on any atom is -0.337 e. The van der Waals surface area contributed by atoms with E-state index in [2.05, 4.69) is 26.8 Å². The third kappa shape index (κ3) is 2.58. The Morgan fingerprint density at radius 1 is 1.25 bits per heavy atom. The van der Waals surface area contributed by atoms with E-state index in [1.165, 1.54) is 11.1 Å². The molecule has 0 unspecified atom stereocenters. The number of aryl methyl sites for hydroxylation is 2. The summed E-state index contributed by atoms with van der Waals surface area (Å²) >= 11 is 5.38. The summed E-state index contributed by atoms with van der Waals surface area (Å²) < 4.78 is 4.72. The lowest BCUT2D eigenvalue weighted by Gasteiger charge is -2.07. The average molecular weight is 284 g/mol. The Labute approximate surface area is 122 Å². The SMILES string of the molecule is Cn1cc(CCn2c(-c3ccccc3)c[nH]c2=S)cn1. The normalized spacial score (nSPS) is 10.8. The molecule has 20 heavy (non-hydrogen) atoms. The van der Waals surface area contributed by atoms with E-state index in [1.54, 1.807) is 0 Å². The highest BCUT2D eigenvalue weighted by Crippen LogP contribution is 2.19. The summed E-state index contributed by atoms with van der Waals surface area (Å²) in [7, 11) is 1.93. The van der Waals surface area contributed by atoms with Gasteiger partial charge in [0.05, 0.1) is 11.9 Å². The minimum atomic E-state index is 0.757. The number of aromatic nitrogens is 4. The zero-order chi connectivity index (χ0) is 13.9. The van der Waals surface area contributed by atoms with E-state index < -0.39 is 0 Å². The zero-order valence-corrected chi connectivity index (χ0v) is 12.1. The fraction of sp³-hybridized carbons (Fsp3) is 0.200. The molecule has 0 saturated carbocycles. The molecule has 0 saturated heterocycles. The van der Waals surface area contributed by atoms with Crippen molar-refractivity contribution < 1.29 is 0 Å². The number of benzene rings is 1. The second-order valence-electron chi connectivity index (χ2n) is 4.77. The van der Waals surface area contributed by atoms with Crippen LogP contribution >= 0.6 is 12.2 Å². The molecule has 3 aromatic rings. The van der Waals surface area contributed by atoms with Gasteiger partial charge < -0.3 is 9.55 Å². The number of hydrogen-bond donors (Lipinski definition) is 1. The van der Waals surface area contributed by atoms with Crippen LogP contribution < -0.4 is 0 Å². The lowest BCUT2D eigenvalue weighted by Crippen LogP contribution is -2.03. The summed E-state index contributed by atoms with van der Waals surface area (Å²) in [5, 5.41) is 4.19. The van der Waals surface area contributed by atoms with E-state index in [9.17, 15) is 0 Å². The van der Waals surface area contributed by atoms with E-state index in [-0.39, 0.29) is 0 Å². The maximum atomic E-state index is 5.38. The topological polar surface area (TPSA) is 38.5 Å². The van der Waals surface area contributed by atoms with Crippen LogP contribution in [0, 0.1) is 4.77 Å². The molecule has 0 bridgehead atoms. The molecule has 102 valence electrons. The second-order valence-corrected chi connectivity index (χ2v) is 5.16. The molecule has 5 heteroatoms. The standard InChI is InChI=1S/C15H16N4S/c1-18-11-12(9-17-18)7-8-19-14(10-16-15(19)20)13-5-3-2-4-6-13/h2-6,9-11H,7-8H2,1H3,(H,16,20). The molecule has 0 aliphatic carbocycles. The smallest absolute Gasteiger partial charge is 0.177 e. The Kier molecular flexibility index (Phi) is 3.52. The number of H-pyrrole nitrogens is 1. The van der Waals surface area contributed by atoms with E-state index >= 15 is 0 Å². The van der Waals surface area contributed by atoms with Crippen molar-refractivity contribution in [2.45, 2.75) is 13.0 Å². The van der Waals surface area contributed by atoms with Crippen LogP contribution in [0.25, 0.3) is 11.3 Å². The molecule has 0 aliphatic heterocycles. The van der Waals surface area contributed by atoms with E-state index in [0.717, 1.165) is 23.4 Å². The maximum absolute atomic E-state index is 5.38. The molecule has 0 spiro atoms. The molecule has 0 aliphatic rings. The van der Waals surface area contributed by atoms with Gasteiger partial charge >= 0.3 is 0 Å². The van der Waals surface area contributed by atoms with Crippen molar-refractivity contribution in [2.24, 2.45) is 7.05 Å². The van der Waals surface area contributed by atoms with E-state index in [0.29, 0.717) is 0 Å². The predicted octanol–water partition coefficient (Wildman–Crippen LogP) is 3.19. The van der Waals surface area contributed by atoms with Gasteiger partial charge in [0.15, 0.2) is 4.77 Å². The molecule has 0 atom stereocenters. The van der Waals surface area contributed by atoms with Crippen molar-refractivity contribution in [3.05, 3.63) is 59.3 Å². The molecule has 0 amide bonds. The Morgan fingerprint density at radius 2 is 2.05 bits per heavy atom. The lowest BCUT2D eigenvalue weighted by atomic mass is 10.1. The summed E-state index contributed by atoms with van der Waals surface area (Å²) in [4.78, 5) is 3.13. The first-order chi connectivity index (χ1) is 9.74. The van der Waals surface area contributed by atoms with Gasteiger partial charge in [0, 0.05) is 26.0 Å². The highest BCUT2D eigenvalue weighted by molar-refractivity contribution is 7.71. The van der Waals surface area contributed by atoms with Crippen LogP contribution in [0.2, 0.25) is 0 Å². The lowest BCUT2D eigenvalue weighted by molar-refractivity contribution is 0.691. The van der Waals surface area contributed by atoms with Crippen molar-refractivity contribution in [1.82, 2.24) is 19.3 Å². The molecule has 3 rings (SSSR count). The van der Waals surface area contributed by atoms with Crippen LogP contribution in [0.15, 0.2) is 48.9 Å². The van der Waals surface area contributed by atoms with Crippen molar-refractivity contribution >= 4 is 12.2 Å². The van der Waals surface area contributed by atoms with Crippen LogP contribution in [0.5, 0.6) is 0 Å². The third-order valence-electron chi connectivity index (χ3n) is 3.32. The van der Waals surface area contributed by atoms with Crippen molar-refractivity contribution in [3.8, 4) is 11.3 Å². The summed E-state index contributed by atoms with van der Waals surface area (Å²) in [6.45, 7) is 0.845. The van der Waals surface area contributed by atoms with Crippen LogP contribution in [0.3, 0.4) is 0 Å². The summed E-state index contributed by atoms with van der Waals surface area (Å²) in [5.74, 6) is 0. The fourth-order valence-electron chi connectivity index (χ4n) is 2.31. The highest BCUT2D eigenvalue weighted by atomic mass is 32.1. The molecular weight excluding hydrogens is 268 g/mol. The number of imidazole rings is 1. The van der Waals surface area contributed by atoms with Crippen molar-refractivity contribution in [2.75, 3.05) is 0 Å². The Bertz CT molecular complexity index is 752. The number of nitrogens with one attached hydrogen (secondary N) is 1. The molecule has 0 fully saturated rings. The minimum absolute atomic E-state index is 0.757. The van der Waals surface area contributed by atoms with E-state index in [1.807, 2.05) is 48.5 Å². The monoisotopic (exact) mass is 284 g/mol. The first-order valence-electron chi connectivity index (χ1n) is 6.55. The fourth-order valence-corrected chi connectivity index (χ4v) is 2.56. The third-order valence-corrected chi connectivity index (χ3v) is 3.66. The Balaban J connectivity index is 1.86. The van der Waals surface area contributed by atoms with Crippen LogP contribution in [0.4, 0.5) is 0 Å². The molecular formula is C15H16N4S. The Morgan fingerprint density at radius 3 is 2.75 bits per heavy atom. The van der Waals surface area contributed by atoms with Crippen LogP contribution in [0.1, 0.15) is 5.56 Å². The van der Waals surface area contributed by atoms with Gasteiger partial charge in [0.1, 0.15) is 0 Å². The van der Waals surface area contributed by atoms with Gasteiger partial charge in [-0.25, -0.2) is 0 Å². The molecule has 1 aromatic carbocycles. The maximum Gasteiger partial charge on any atom is 0.177 e. The average Bonchev–Trinajstić information content (AvgIpc) is 3.04. The molecule has 4 nitrogen and oxygen atoms in total. The zero-order valence-electron chi connectivity index (χ0n) is 11.3. The summed E-state index contributed by atoms with van der Waals surface area (Å²) in [6.07, 6.45) is 6.83. The van der Waals surface area contributed by atoms with Gasteiger partial charge in [-0.3, -0.25) is 4.68 Å². The highest BCUT2D eigenvalue weighted by Gasteiger charge is 2.07. The van der Waals surface area contributed by atoms with Gasteiger partial charge in [-0.2, -0.15) is 5.10 Å². The summed E-state index contributed by atoms with van der Waals surface area (Å²) in [5.41, 5.74) is 3.51. The van der Waals surface area contributed by atoms with Crippen molar-refractivity contribution in [3.63, 3.8) is 0 Å². The van der Waals surface area contributed by atoms with Gasteiger partial charge in [-0.15, -0.1) is 0 Å². The largest absolute Gasteiger partial charge is 0.337 e. The molecule has 2 aromatic heterocycles. The number of aromatic amines is 1. The van der Waals surface area contributed by atoms with Crippen LogP contribution in [-0.2, 0) is 20.0 Å². The molecule has 0 radical (unpaired) electrons. The number of rotatable bonds is 4. The molecule has 2 heterocycles. The Hall–Kier alpha value is -2.14. The van der Waals surface area contributed by atoms with Gasteiger partial charge in [0.2, 0.25) is 0 Å². The summed E-state index contributed by atoms with van der Waals surface area (Å²) in [6, 6.07) is 10.3. The van der Waals surface area contributed by atoms with Gasteiger partial charge in [-0.05, 0) is 29.8 Å². The first-order valence-corrected chi connectivity index (χ1v) is 6.96. The van der Waals surface area contributed by atoms with Crippen molar-refractivity contribution in [1.29, 1.82) is 0 Å². The van der Waals surface area contributed by atoms with Gasteiger partial charge in [0.25, 0.3) is 0 Å². The predicted molar refractivity (Wildman–Crippen MR) is 82.0 cm³/mol. The van der Waals surface area contributed by atoms with Gasteiger partial charge in [-0.1, -0.05) is 30.3 Å². The number of hydrogen-bond acceptors (Lipinski definition) is 2. The van der Waals surface area contributed by atoms with E-state index in [4.69, 9.17) is 12.2 Å². The molecule has 1 N–H and O–H groups in total. The van der Waals surface area contributed by atoms with Crippen LogP contribution in [-0.4, -0.2) is 19.3 Å².